The van der Waals surface area contributed by atoms with E-state index in [-0.39, 0.29) is 18.0 Å². The van der Waals surface area contributed by atoms with Gasteiger partial charge in [-0.1, -0.05) is 23.7 Å². The number of hydrogen-bond donors (Lipinski definition) is 1. The van der Waals surface area contributed by atoms with Gasteiger partial charge in [-0.15, -0.1) is 0 Å². The van der Waals surface area contributed by atoms with Crippen molar-refractivity contribution in [3.05, 3.63) is 63.5 Å². The van der Waals surface area contributed by atoms with Gasteiger partial charge in [0.2, 0.25) is 5.91 Å². The summed E-state index contributed by atoms with van der Waals surface area (Å²) in [6, 6.07) is 12.9. The van der Waals surface area contributed by atoms with Gasteiger partial charge in [0.1, 0.15) is 0 Å². The highest BCUT2D eigenvalue weighted by Gasteiger charge is 2.12. The molecule has 1 N–H and O–H groups in total. The number of hydrogen-bond acceptors (Lipinski definition) is 2. The molecule has 0 bridgehead atoms. The van der Waals surface area contributed by atoms with Gasteiger partial charge < -0.3 is 5.32 Å². The number of anilines is 1. The van der Waals surface area contributed by atoms with Crippen molar-refractivity contribution in [2.24, 2.45) is 7.05 Å². The van der Waals surface area contributed by atoms with Crippen LogP contribution < -0.4 is 11.0 Å². The first kappa shape index (κ1) is 16.3. The van der Waals surface area contributed by atoms with Gasteiger partial charge in [0.15, 0.2) is 0 Å². The van der Waals surface area contributed by atoms with Crippen LogP contribution in [-0.4, -0.2) is 15.0 Å². The van der Waals surface area contributed by atoms with Crippen molar-refractivity contribution >= 4 is 34.2 Å². The zero-order valence-corrected chi connectivity index (χ0v) is 14.3. The maximum Gasteiger partial charge on any atom is 0.328 e. The van der Waals surface area contributed by atoms with Crippen molar-refractivity contribution in [1.29, 1.82) is 0 Å². The first-order valence-corrected chi connectivity index (χ1v) is 8.05. The molecule has 0 aliphatic heterocycles. The molecular weight excluding hydrogens is 326 g/mol. The Bertz CT molecular complexity index is 972. The van der Waals surface area contributed by atoms with Crippen LogP contribution in [0.3, 0.4) is 0 Å². The quantitative estimate of drug-likeness (QED) is 0.790. The molecule has 2 aromatic carbocycles. The van der Waals surface area contributed by atoms with E-state index in [0.29, 0.717) is 11.6 Å². The number of imidazole rings is 1. The lowest BCUT2D eigenvalue weighted by Gasteiger charge is -2.09. The molecule has 0 radical (unpaired) electrons. The van der Waals surface area contributed by atoms with Crippen LogP contribution in [0.5, 0.6) is 0 Å². The molecule has 0 aliphatic carbocycles. The average molecular weight is 344 g/mol. The van der Waals surface area contributed by atoms with Crippen molar-refractivity contribution < 1.29 is 4.79 Å². The minimum Gasteiger partial charge on any atom is -0.326 e. The van der Waals surface area contributed by atoms with Gasteiger partial charge in [0.05, 0.1) is 11.0 Å². The van der Waals surface area contributed by atoms with Crippen LogP contribution in [0.25, 0.3) is 11.0 Å². The zero-order chi connectivity index (χ0) is 17.3. The number of nitrogens with one attached hydrogen (secondary N) is 1. The van der Waals surface area contributed by atoms with Gasteiger partial charge in [-0.25, -0.2) is 4.79 Å². The molecule has 1 heterocycles. The Morgan fingerprint density at radius 1 is 1.17 bits per heavy atom. The van der Waals surface area contributed by atoms with Crippen LogP contribution >= 0.6 is 11.6 Å². The fourth-order valence-electron chi connectivity index (χ4n) is 2.77. The Hall–Kier alpha value is -2.53. The third-order valence-corrected chi connectivity index (χ3v) is 4.31. The SMILES string of the molecule is Cc1cc(Cl)ccc1NC(=O)CCn1c(=O)n(C)c2ccccc21. The molecule has 1 aromatic heterocycles. The van der Waals surface area contributed by atoms with Gasteiger partial charge in [-0.2, -0.15) is 0 Å². The standard InChI is InChI=1S/C18H18ClN3O2/c1-12-11-13(19)7-8-14(12)20-17(23)9-10-22-16-6-4-3-5-15(16)21(2)18(22)24/h3-8,11H,9-10H2,1-2H3,(H,20,23). The van der Waals surface area contributed by atoms with E-state index in [4.69, 9.17) is 11.6 Å². The number of halogens is 1. The number of amides is 1. The predicted molar refractivity (Wildman–Crippen MR) is 96.6 cm³/mol. The normalized spacial score (nSPS) is 11.0. The fraction of sp³-hybridized carbons (Fsp3) is 0.222. The first-order chi connectivity index (χ1) is 11.5. The third kappa shape index (κ3) is 3.08. The highest BCUT2D eigenvalue weighted by atomic mass is 35.5. The maximum atomic E-state index is 12.3. The molecule has 0 atom stereocenters. The molecule has 1 amide bonds. The molecule has 3 rings (SSSR count). The minimum absolute atomic E-state index is 0.119. The highest BCUT2D eigenvalue weighted by Crippen LogP contribution is 2.20. The van der Waals surface area contributed by atoms with Crippen LogP contribution in [0, 0.1) is 6.92 Å². The van der Waals surface area contributed by atoms with Crippen LogP contribution in [0.4, 0.5) is 5.69 Å². The van der Waals surface area contributed by atoms with Crippen LogP contribution in [0.1, 0.15) is 12.0 Å². The molecule has 3 aromatic rings. The number of carbonyl (C=O) groups is 1. The van der Waals surface area contributed by atoms with E-state index >= 15 is 0 Å². The molecule has 0 saturated carbocycles. The summed E-state index contributed by atoms with van der Waals surface area (Å²) in [7, 11) is 1.73. The smallest absolute Gasteiger partial charge is 0.326 e. The zero-order valence-electron chi connectivity index (χ0n) is 13.5. The fourth-order valence-corrected chi connectivity index (χ4v) is 3.00. The molecule has 5 nitrogen and oxygen atoms in total. The monoisotopic (exact) mass is 343 g/mol. The first-order valence-electron chi connectivity index (χ1n) is 7.67. The van der Waals surface area contributed by atoms with Crippen LogP contribution in [-0.2, 0) is 18.4 Å². The molecule has 0 saturated heterocycles. The van der Waals surface area contributed by atoms with Gasteiger partial charge in [-0.3, -0.25) is 13.9 Å². The molecule has 24 heavy (non-hydrogen) atoms. The minimum atomic E-state index is -0.139. The summed E-state index contributed by atoms with van der Waals surface area (Å²) in [5, 5.41) is 3.49. The number of aryl methyl sites for hydroxylation is 3. The Morgan fingerprint density at radius 3 is 2.58 bits per heavy atom. The lowest BCUT2D eigenvalue weighted by Crippen LogP contribution is -2.24. The summed E-state index contributed by atoms with van der Waals surface area (Å²) in [5.41, 5.74) is 3.21. The van der Waals surface area contributed by atoms with E-state index < -0.39 is 0 Å². The van der Waals surface area contributed by atoms with Gasteiger partial charge in [0.25, 0.3) is 0 Å². The lowest BCUT2D eigenvalue weighted by atomic mass is 10.2. The van der Waals surface area contributed by atoms with Gasteiger partial charge >= 0.3 is 5.69 Å². The van der Waals surface area contributed by atoms with E-state index in [9.17, 15) is 9.59 Å². The molecule has 124 valence electrons. The van der Waals surface area contributed by atoms with E-state index in [2.05, 4.69) is 5.32 Å². The summed E-state index contributed by atoms with van der Waals surface area (Å²) in [4.78, 5) is 24.5. The second-order valence-corrected chi connectivity index (χ2v) is 6.18. The number of aromatic nitrogens is 2. The number of carbonyl (C=O) groups excluding carboxylic acids is 1. The van der Waals surface area contributed by atoms with Crippen molar-refractivity contribution in [2.75, 3.05) is 5.32 Å². The van der Waals surface area contributed by atoms with Crippen molar-refractivity contribution in [3.8, 4) is 0 Å². The van der Waals surface area contributed by atoms with E-state index in [0.717, 1.165) is 22.3 Å². The molecule has 0 spiro atoms. The van der Waals surface area contributed by atoms with Gasteiger partial charge in [-0.05, 0) is 42.8 Å². The predicted octanol–water partition coefficient (Wildman–Crippen LogP) is 3.33. The molecule has 0 unspecified atom stereocenters. The second-order valence-electron chi connectivity index (χ2n) is 5.74. The van der Waals surface area contributed by atoms with Crippen LogP contribution in [0.2, 0.25) is 5.02 Å². The summed E-state index contributed by atoms with van der Waals surface area (Å²) < 4.78 is 3.22. The van der Waals surface area contributed by atoms with Crippen LogP contribution in [0.15, 0.2) is 47.3 Å². The number of benzene rings is 2. The van der Waals surface area contributed by atoms with Crippen molar-refractivity contribution in [2.45, 2.75) is 19.9 Å². The highest BCUT2D eigenvalue weighted by molar-refractivity contribution is 6.30. The van der Waals surface area contributed by atoms with Crippen molar-refractivity contribution in [1.82, 2.24) is 9.13 Å². The summed E-state index contributed by atoms with van der Waals surface area (Å²) >= 11 is 5.92. The number of fused-ring (bicyclic) bond motifs is 1. The van der Waals surface area contributed by atoms with E-state index in [1.165, 1.54) is 0 Å². The number of rotatable bonds is 4. The third-order valence-electron chi connectivity index (χ3n) is 4.08. The number of nitrogens with zero attached hydrogens (tertiary/aromatic N) is 2. The average Bonchev–Trinajstić information content (AvgIpc) is 2.80. The summed E-state index contributed by atoms with van der Waals surface area (Å²) in [6.45, 7) is 2.22. The Morgan fingerprint density at radius 2 is 1.88 bits per heavy atom. The molecule has 0 aliphatic rings. The largest absolute Gasteiger partial charge is 0.328 e. The Kier molecular flexibility index (Phi) is 4.44. The Labute approximate surface area is 144 Å². The topological polar surface area (TPSA) is 56.0 Å². The molecule has 0 fully saturated rings. The molecular formula is C18H18ClN3O2. The summed E-state index contributed by atoms with van der Waals surface area (Å²) in [5.74, 6) is -0.139. The lowest BCUT2D eigenvalue weighted by molar-refractivity contribution is -0.116. The van der Waals surface area contributed by atoms with E-state index in [1.54, 1.807) is 34.4 Å². The Balaban J connectivity index is 1.75. The second kappa shape index (κ2) is 6.53. The number of para-hydroxylation sites is 2. The van der Waals surface area contributed by atoms with Crippen molar-refractivity contribution in [3.63, 3.8) is 0 Å². The summed E-state index contributed by atoms with van der Waals surface area (Å²) in [6.07, 6.45) is 0.218. The molecule has 6 heteroatoms. The van der Waals surface area contributed by atoms with E-state index in [1.807, 2.05) is 31.2 Å². The maximum absolute atomic E-state index is 12.3. The van der Waals surface area contributed by atoms with Gasteiger partial charge in [0, 0.05) is 30.7 Å².